The molecule has 0 aromatic rings. The Labute approximate surface area is 126 Å². The molecule has 0 bridgehead atoms. The van der Waals surface area contributed by atoms with Crippen LogP contribution in [0.25, 0.3) is 0 Å². The molecule has 2 rings (SSSR count). The molecule has 2 saturated heterocycles. The van der Waals surface area contributed by atoms with E-state index in [2.05, 4.69) is 0 Å². The Morgan fingerprint density at radius 2 is 1.67 bits per heavy atom. The Morgan fingerprint density at radius 1 is 1.14 bits per heavy atom. The highest BCUT2D eigenvalue weighted by molar-refractivity contribution is 5.77. The predicted octanol–water partition coefficient (Wildman–Crippen LogP) is 1.79. The van der Waals surface area contributed by atoms with Crippen LogP contribution in [-0.2, 0) is 9.53 Å². The van der Waals surface area contributed by atoms with Crippen LogP contribution in [0.2, 0.25) is 0 Å². The van der Waals surface area contributed by atoms with Crippen LogP contribution in [-0.4, -0.2) is 65.3 Å². The fraction of sp³-hybridized carbons (Fsp3) is 0.867. The van der Waals surface area contributed by atoms with Crippen molar-refractivity contribution < 1.29 is 19.4 Å². The van der Waals surface area contributed by atoms with Gasteiger partial charge in [-0.05, 0) is 33.1 Å². The number of hydrogen-bond acceptors (Lipinski definition) is 3. The molecular weight excluding hydrogens is 272 g/mol. The summed E-state index contributed by atoms with van der Waals surface area (Å²) in [5.41, 5.74) is -0.650. The number of carboxylic acid groups (broad SMARTS) is 1. The van der Waals surface area contributed by atoms with Gasteiger partial charge in [0.25, 0.3) is 0 Å². The monoisotopic (exact) mass is 298 g/mol. The van der Waals surface area contributed by atoms with Gasteiger partial charge in [-0.1, -0.05) is 6.92 Å². The number of morpholine rings is 1. The van der Waals surface area contributed by atoms with Gasteiger partial charge in [0, 0.05) is 26.2 Å². The highest BCUT2D eigenvalue weighted by Crippen LogP contribution is 2.35. The van der Waals surface area contributed by atoms with E-state index < -0.39 is 11.4 Å². The fourth-order valence-electron chi connectivity index (χ4n) is 3.38. The zero-order valence-corrected chi connectivity index (χ0v) is 13.2. The SMILES string of the molecule is CCC1(C(=O)O)CCN(C(=O)N2C[C@@H](C)O[C@@H](C)C2)CC1. The van der Waals surface area contributed by atoms with Crippen LogP contribution in [0.1, 0.15) is 40.0 Å². The Kier molecular flexibility index (Phi) is 4.76. The first-order valence-corrected chi connectivity index (χ1v) is 7.80. The molecule has 0 aliphatic carbocycles. The molecule has 2 atom stereocenters. The van der Waals surface area contributed by atoms with Crippen molar-refractivity contribution in [1.82, 2.24) is 9.80 Å². The van der Waals surface area contributed by atoms with Crippen molar-refractivity contribution in [2.75, 3.05) is 26.2 Å². The molecule has 2 aliphatic heterocycles. The number of nitrogens with zero attached hydrogens (tertiary/aromatic N) is 2. The number of ether oxygens (including phenoxy) is 1. The summed E-state index contributed by atoms with van der Waals surface area (Å²) in [6, 6.07) is 0.0205. The maximum absolute atomic E-state index is 12.6. The average Bonchev–Trinajstić information content (AvgIpc) is 2.45. The molecule has 0 radical (unpaired) electrons. The Hall–Kier alpha value is -1.30. The van der Waals surface area contributed by atoms with Crippen molar-refractivity contribution >= 4 is 12.0 Å². The molecule has 1 N–H and O–H groups in total. The second-order valence-corrected chi connectivity index (χ2v) is 6.37. The average molecular weight is 298 g/mol. The van der Waals surface area contributed by atoms with E-state index in [4.69, 9.17) is 4.74 Å². The quantitative estimate of drug-likeness (QED) is 0.844. The molecule has 0 spiro atoms. The lowest BCUT2D eigenvalue weighted by Gasteiger charge is -2.42. The number of amides is 2. The van der Waals surface area contributed by atoms with Gasteiger partial charge in [0.05, 0.1) is 17.6 Å². The summed E-state index contributed by atoms with van der Waals surface area (Å²) >= 11 is 0. The zero-order chi connectivity index (χ0) is 15.6. The molecule has 21 heavy (non-hydrogen) atoms. The first-order chi connectivity index (χ1) is 9.88. The Morgan fingerprint density at radius 3 is 2.10 bits per heavy atom. The summed E-state index contributed by atoms with van der Waals surface area (Å²) < 4.78 is 5.65. The first-order valence-electron chi connectivity index (χ1n) is 7.80. The van der Waals surface area contributed by atoms with Crippen molar-refractivity contribution in [3.8, 4) is 0 Å². The van der Waals surface area contributed by atoms with E-state index >= 15 is 0 Å². The second kappa shape index (κ2) is 6.22. The number of carbonyl (C=O) groups is 2. The molecule has 2 aliphatic rings. The number of aliphatic carboxylic acids is 1. The highest BCUT2D eigenvalue weighted by atomic mass is 16.5. The van der Waals surface area contributed by atoms with Gasteiger partial charge in [-0.15, -0.1) is 0 Å². The van der Waals surface area contributed by atoms with E-state index in [9.17, 15) is 14.7 Å². The first kappa shape index (κ1) is 16.1. The molecule has 0 aromatic carbocycles. The maximum Gasteiger partial charge on any atom is 0.320 e. The molecular formula is C15H26N2O4. The molecule has 2 amide bonds. The number of rotatable bonds is 2. The third-order valence-electron chi connectivity index (χ3n) is 4.81. The van der Waals surface area contributed by atoms with E-state index in [0.717, 1.165) is 0 Å². The van der Waals surface area contributed by atoms with Gasteiger partial charge in [-0.3, -0.25) is 4.79 Å². The number of hydrogen-bond donors (Lipinski definition) is 1. The van der Waals surface area contributed by atoms with E-state index in [1.54, 1.807) is 4.90 Å². The molecule has 2 fully saturated rings. The van der Waals surface area contributed by atoms with Gasteiger partial charge in [-0.25, -0.2) is 4.79 Å². The van der Waals surface area contributed by atoms with Gasteiger partial charge < -0.3 is 19.6 Å². The summed E-state index contributed by atoms with van der Waals surface area (Å²) in [4.78, 5) is 27.6. The van der Waals surface area contributed by atoms with Gasteiger partial charge in [-0.2, -0.15) is 0 Å². The normalized spacial score (nSPS) is 29.3. The summed E-state index contributed by atoms with van der Waals surface area (Å²) in [5, 5.41) is 9.40. The van der Waals surface area contributed by atoms with Crippen molar-refractivity contribution in [3.63, 3.8) is 0 Å². The number of carbonyl (C=O) groups excluding carboxylic acids is 1. The molecule has 0 unspecified atom stereocenters. The highest BCUT2D eigenvalue weighted by Gasteiger charge is 2.41. The van der Waals surface area contributed by atoms with Gasteiger partial charge in [0.2, 0.25) is 0 Å². The molecule has 0 saturated carbocycles. The smallest absolute Gasteiger partial charge is 0.320 e. The molecule has 2 heterocycles. The summed E-state index contributed by atoms with van der Waals surface area (Å²) in [6.45, 7) is 8.13. The van der Waals surface area contributed by atoms with Crippen LogP contribution >= 0.6 is 0 Å². The molecule has 6 nitrogen and oxygen atoms in total. The number of piperidine rings is 1. The summed E-state index contributed by atoms with van der Waals surface area (Å²) in [6.07, 6.45) is 1.81. The minimum Gasteiger partial charge on any atom is -0.481 e. The van der Waals surface area contributed by atoms with Crippen LogP contribution in [0, 0.1) is 5.41 Å². The largest absolute Gasteiger partial charge is 0.481 e. The van der Waals surface area contributed by atoms with Crippen LogP contribution in [0.5, 0.6) is 0 Å². The molecule has 120 valence electrons. The second-order valence-electron chi connectivity index (χ2n) is 6.37. The number of likely N-dealkylation sites (tertiary alicyclic amines) is 1. The Balaban J connectivity index is 1.95. The topological polar surface area (TPSA) is 70.1 Å². The molecule has 6 heteroatoms. The van der Waals surface area contributed by atoms with Crippen LogP contribution in [0.15, 0.2) is 0 Å². The predicted molar refractivity (Wildman–Crippen MR) is 78.1 cm³/mol. The lowest BCUT2D eigenvalue weighted by Crippen LogP contribution is -2.55. The Bertz CT molecular complexity index is 394. The minimum absolute atomic E-state index is 0.0205. The van der Waals surface area contributed by atoms with Crippen LogP contribution in [0.3, 0.4) is 0 Å². The van der Waals surface area contributed by atoms with Crippen molar-refractivity contribution in [2.24, 2.45) is 5.41 Å². The van der Waals surface area contributed by atoms with Crippen LogP contribution < -0.4 is 0 Å². The van der Waals surface area contributed by atoms with Crippen molar-refractivity contribution in [1.29, 1.82) is 0 Å². The summed E-state index contributed by atoms with van der Waals surface area (Å²) in [5.74, 6) is -0.731. The summed E-state index contributed by atoms with van der Waals surface area (Å²) in [7, 11) is 0. The van der Waals surface area contributed by atoms with Gasteiger partial charge >= 0.3 is 12.0 Å². The lowest BCUT2D eigenvalue weighted by atomic mass is 9.76. The third-order valence-corrected chi connectivity index (χ3v) is 4.81. The van der Waals surface area contributed by atoms with Crippen molar-refractivity contribution in [2.45, 2.75) is 52.2 Å². The van der Waals surface area contributed by atoms with E-state index in [1.807, 2.05) is 25.7 Å². The van der Waals surface area contributed by atoms with Gasteiger partial charge in [0.1, 0.15) is 0 Å². The maximum atomic E-state index is 12.6. The van der Waals surface area contributed by atoms with Gasteiger partial charge in [0.15, 0.2) is 0 Å². The van der Waals surface area contributed by atoms with E-state index in [0.29, 0.717) is 45.4 Å². The zero-order valence-electron chi connectivity index (χ0n) is 13.2. The minimum atomic E-state index is -0.731. The van der Waals surface area contributed by atoms with E-state index in [-0.39, 0.29) is 18.2 Å². The fourth-order valence-corrected chi connectivity index (χ4v) is 3.38. The lowest BCUT2D eigenvalue weighted by molar-refractivity contribution is -0.152. The van der Waals surface area contributed by atoms with E-state index in [1.165, 1.54) is 0 Å². The standard InChI is InChI=1S/C15H26N2O4/c1-4-15(13(18)19)5-7-16(8-6-15)14(20)17-9-11(2)21-12(3)10-17/h11-12H,4-10H2,1-3H3,(H,18,19)/t11-,12+. The number of carboxylic acids is 1. The van der Waals surface area contributed by atoms with Crippen molar-refractivity contribution in [3.05, 3.63) is 0 Å². The number of urea groups is 1. The van der Waals surface area contributed by atoms with Crippen LogP contribution in [0.4, 0.5) is 4.79 Å². The molecule has 0 aromatic heterocycles. The third kappa shape index (κ3) is 3.31.